The molecular weight excluding hydrogens is 275 g/mol. The minimum absolute atomic E-state index is 0.387. The van der Waals surface area contributed by atoms with Gasteiger partial charge in [0.1, 0.15) is 11.6 Å². The molecule has 0 saturated heterocycles. The summed E-state index contributed by atoms with van der Waals surface area (Å²) in [5.41, 5.74) is 2.57. The number of carboxylic acids is 1. The predicted octanol–water partition coefficient (Wildman–Crippen LogP) is 2.47. The van der Waals surface area contributed by atoms with E-state index in [0.717, 1.165) is 17.3 Å². The van der Waals surface area contributed by atoms with Crippen LogP contribution < -0.4 is 0 Å². The molecule has 21 heavy (non-hydrogen) atoms. The molecule has 0 fully saturated rings. The Bertz CT molecular complexity index is 873. The van der Waals surface area contributed by atoms with Gasteiger partial charge in [-0.2, -0.15) is 10.2 Å². The second kappa shape index (κ2) is 4.62. The Kier molecular flexibility index (Phi) is 2.90. The van der Waals surface area contributed by atoms with Crippen LogP contribution in [0, 0.1) is 19.7 Å². The largest absolute Gasteiger partial charge is 0.478 e. The molecule has 6 nitrogen and oxygen atoms in total. The quantitative estimate of drug-likeness (QED) is 0.755. The smallest absolute Gasteiger partial charge is 0.338 e. The molecule has 2 heterocycles. The summed E-state index contributed by atoms with van der Waals surface area (Å²) in [7, 11) is 0. The van der Waals surface area contributed by atoms with Crippen LogP contribution in [-0.4, -0.2) is 31.2 Å². The van der Waals surface area contributed by atoms with E-state index in [0.29, 0.717) is 22.6 Å². The molecule has 7 heteroatoms. The van der Waals surface area contributed by atoms with Gasteiger partial charge in [0.2, 0.25) is 0 Å². The monoisotopic (exact) mass is 286 g/mol. The summed E-state index contributed by atoms with van der Waals surface area (Å²) < 4.78 is 13.7. The van der Waals surface area contributed by atoms with Crippen LogP contribution in [0.4, 0.5) is 4.39 Å². The zero-order valence-electron chi connectivity index (χ0n) is 11.3. The number of imidazole rings is 1. The molecule has 0 bridgehead atoms. The van der Waals surface area contributed by atoms with Gasteiger partial charge in [-0.25, -0.2) is 14.2 Å². The minimum atomic E-state index is -1.32. The topological polar surface area (TPSA) is 91.8 Å². The first-order valence-corrected chi connectivity index (χ1v) is 6.19. The Morgan fingerprint density at radius 1 is 1.24 bits per heavy atom. The van der Waals surface area contributed by atoms with Gasteiger partial charge in [0.05, 0.1) is 28.0 Å². The van der Waals surface area contributed by atoms with E-state index in [1.54, 1.807) is 13.8 Å². The lowest BCUT2D eigenvalue weighted by Crippen LogP contribution is -1.99. The highest BCUT2D eigenvalue weighted by molar-refractivity contribution is 5.93. The van der Waals surface area contributed by atoms with Crippen LogP contribution in [-0.2, 0) is 0 Å². The van der Waals surface area contributed by atoms with Crippen molar-refractivity contribution in [3.8, 4) is 11.4 Å². The van der Waals surface area contributed by atoms with E-state index in [9.17, 15) is 9.18 Å². The number of nitrogens with zero attached hydrogens (tertiary/aromatic N) is 3. The maximum absolute atomic E-state index is 13.7. The zero-order valence-corrected chi connectivity index (χ0v) is 11.3. The number of aryl methyl sites for hydroxylation is 2. The molecule has 0 aliphatic heterocycles. The molecule has 0 saturated carbocycles. The van der Waals surface area contributed by atoms with Crippen LogP contribution in [0.3, 0.4) is 0 Å². The van der Waals surface area contributed by atoms with Gasteiger partial charge in [-0.3, -0.25) is 0 Å². The first-order chi connectivity index (χ1) is 9.95. The van der Waals surface area contributed by atoms with Crippen LogP contribution in [0.15, 0.2) is 18.2 Å². The van der Waals surface area contributed by atoms with Crippen molar-refractivity contribution in [3.63, 3.8) is 0 Å². The fourth-order valence-corrected chi connectivity index (χ4v) is 2.11. The van der Waals surface area contributed by atoms with Crippen LogP contribution in [0.5, 0.6) is 0 Å². The summed E-state index contributed by atoms with van der Waals surface area (Å²) >= 11 is 0. The number of hydrogen-bond donors (Lipinski definition) is 2. The molecule has 0 aliphatic carbocycles. The molecule has 0 atom stereocenters. The summed E-state index contributed by atoms with van der Waals surface area (Å²) in [5.74, 6) is -1.62. The number of H-pyrrole nitrogens is 1. The fourth-order valence-electron chi connectivity index (χ4n) is 2.11. The number of aromatic carboxylic acids is 1. The lowest BCUT2D eigenvalue weighted by atomic mass is 10.2. The first-order valence-electron chi connectivity index (χ1n) is 6.19. The fraction of sp³-hybridized carbons (Fsp3) is 0.143. The Morgan fingerprint density at radius 3 is 2.71 bits per heavy atom. The lowest BCUT2D eigenvalue weighted by molar-refractivity contribution is 0.0692. The highest BCUT2D eigenvalue weighted by Crippen LogP contribution is 2.24. The van der Waals surface area contributed by atoms with Crippen molar-refractivity contribution >= 4 is 17.0 Å². The molecule has 0 radical (unpaired) electrons. The number of benzene rings is 1. The number of carbonyl (C=O) groups is 1. The van der Waals surface area contributed by atoms with E-state index >= 15 is 0 Å². The van der Waals surface area contributed by atoms with Gasteiger partial charge in [-0.1, -0.05) is 0 Å². The molecule has 106 valence electrons. The standard InChI is InChI=1S/C14H11FN4O2/c1-6-3-8(7(2)19-18-6)13-16-11-4-9(14(20)21)10(15)5-12(11)17-13/h3-5H,1-2H3,(H,16,17)(H,20,21). The second-order valence-electron chi connectivity index (χ2n) is 4.72. The Morgan fingerprint density at radius 2 is 2.00 bits per heavy atom. The Labute approximate surface area is 118 Å². The van der Waals surface area contributed by atoms with Gasteiger partial charge in [0.15, 0.2) is 0 Å². The number of aromatic nitrogens is 4. The summed E-state index contributed by atoms with van der Waals surface area (Å²) in [5, 5.41) is 16.9. The van der Waals surface area contributed by atoms with Gasteiger partial charge in [0.25, 0.3) is 0 Å². The Hall–Kier alpha value is -2.83. The number of hydrogen-bond acceptors (Lipinski definition) is 4. The van der Waals surface area contributed by atoms with Crippen molar-refractivity contribution in [2.75, 3.05) is 0 Å². The van der Waals surface area contributed by atoms with Crippen LogP contribution >= 0.6 is 0 Å². The molecule has 2 aromatic heterocycles. The summed E-state index contributed by atoms with van der Waals surface area (Å²) in [4.78, 5) is 18.2. The molecule has 2 N–H and O–H groups in total. The molecule has 1 aromatic carbocycles. The molecular formula is C14H11FN4O2. The van der Waals surface area contributed by atoms with Crippen molar-refractivity contribution in [2.24, 2.45) is 0 Å². The van der Waals surface area contributed by atoms with Crippen molar-refractivity contribution in [1.82, 2.24) is 20.2 Å². The van der Waals surface area contributed by atoms with E-state index < -0.39 is 17.3 Å². The number of aromatic amines is 1. The first kappa shape index (κ1) is 13.2. The van der Waals surface area contributed by atoms with E-state index in [2.05, 4.69) is 20.2 Å². The predicted molar refractivity (Wildman–Crippen MR) is 73.5 cm³/mol. The average Bonchev–Trinajstić information content (AvgIpc) is 2.82. The number of halogens is 1. The molecule has 0 aliphatic rings. The molecule has 0 spiro atoms. The van der Waals surface area contributed by atoms with Gasteiger partial charge >= 0.3 is 5.97 Å². The maximum atomic E-state index is 13.7. The summed E-state index contributed by atoms with van der Waals surface area (Å²) in [6, 6.07) is 4.16. The van der Waals surface area contributed by atoms with Gasteiger partial charge in [-0.15, -0.1) is 0 Å². The minimum Gasteiger partial charge on any atom is -0.478 e. The number of fused-ring (bicyclic) bond motifs is 1. The molecule has 0 unspecified atom stereocenters. The Balaban J connectivity index is 2.21. The number of nitrogens with one attached hydrogen (secondary N) is 1. The van der Waals surface area contributed by atoms with E-state index in [1.807, 2.05) is 6.07 Å². The highest BCUT2D eigenvalue weighted by Gasteiger charge is 2.15. The van der Waals surface area contributed by atoms with Crippen LogP contribution in [0.25, 0.3) is 22.4 Å². The van der Waals surface area contributed by atoms with Gasteiger partial charge < -0.3 is 10.1 Å². The molecule has 3 aromatic rings. The van der Waals surface area contributed by atoms with Crippen molar-refractivity contribution in [2.45, 2.75) is 13.8 Å². The van der Waals surface area contributed by atoms with Crippen molar-refractivity contribution in [3.05, 3.63) is 41.0 Å². The maximum Gasteiger partial charge on any atom is 0.338 e. The average molecular weight is 286 g/mol. The van der Waals surface area contributed by atoms with Crippen LogP contribution in [0.2, 0.25) is 0 Å². The number of carboxylic acid groups (broad SMARTS) is 1. The molecule has 0 amide bonds. The molecule has 3 rings (SSSR count). The van der Waals surface area contributed by atoms with E-state index in [4.69, 9.17) is 5.11 Å². The van der Waals surface area contributed by atoms with Gasteiger partial charge in [0, 0.05) is 11.6 Å². The third-order valence-electron chi connectivity index (χ3n) is 3.16. The van der Waals surface area contributed by atoms with E-state index in [1.165, 1.54) is 6.07 Å². The van der Waals surface area contributed by atoms with Crippen molar-refractivity contribution < 1.29 is 14.3 Å². The third-order valence-corrected chi connectivity index (χ3v) is 3.16. The van der Waals surface area contributed by atoms with Crippen LogP contribution in [0.1, 0.15) is 21.7 Å². The highest BCUT2D eigenvalue weighted by atomic mass is 19.1. The summed E-state index contributed by atoms with van der Waals surface area (Å²) in [6.07, 6.45) is 0. The number of rotatable bonds is 2. The zero-order chi connectivity index (χ0) is 15.1. The van der Waals surface area contributed by atoms with Crippen molar-refractivity contribution in [1.29, 1.82) is 0 Å². The lowest BCUT2D eigenvalue weighted by Gasteiger charge is -2.01. The third kappa shape index (κ3) is 2.22. The van der Waals surface area contributed by atoms with Gasteiger partial charge in [-0.05, 0) is 26.0 Å². The summed E-state index contributed by atoms with van der Waals surface area (Å²) in [6.45, 7) is 3.60. The van der Waals surface area contributed by atoms with E-state index in [-0.39, 0.29) is 0 Å². The normalized spacial score (nSPS) is 11.0. The SMILES string of the molecule is Cc1cc(-c2nc3cc(C(=O)O)c(F)cc3[nH]2)c(C)nn1. The second-order valence-corrected chi connectivity index (χ2v) is 4.72.